The molecule has 0 bridgehead atoms. The highest BCUT2D eigenvalue weighted by atomic mass is 13.8. The van der Waals surface area contributed by atoms with Crippen molar-refractivity contribution in [2.24, 2.45) is 0 Å². The van der Waals surface area contributed by atoms with Crippen LogP contribution in [0.15, 0.2) is 23.8 Å². The van der Waals surface area contributed by atoms with E-state index in [1.165, 1.54) is 5.57 Å². The highest BCUT2D eigenvalue weighted by Crippen LogP contribution is 1.95. The zero-order chi connectivity index (χ0) is 9.23. The molecule has 0 nitrogen and oxygen atoms in total. The van der Waals surface area contributed by atoms with Crippen LogP contribution in [0, 0.1) is 11.8 Å². The average Bonchev–Trinajstić information content (AvgIpc) is 2.06. The van der Waals surface area contributed by atoms with Crippen molar-refractivity contribution in [1.29, 1.82) is 0 Å². The molecule has 0 N–H and O–H groups in total. The minimum absolute atomic E-state index is 1.00. The SMILES string of the molecule is CC=CC/C=C(/C)C#CCCC. The molecule has 12 heavy (non-hydrogen) atoms. The van der Waals surface area contributed by atoms with Crippen LogP contribution in [-0.4, -0.2) is 0 Å². The second kappa shape index (κ2) is 8.14. The van der Waals surface area contributed by atoms with Gasteiger partial charge >= 0.3 is 0 Å². The first kappa shape index (κ1) is 11.0. The van der Waals surface area contributed by atoms with Crippen LogP contribution in [-0.2, 0) is 0 Å². The topological polar surface area (TPSA) is 0 Å². The first-order chi connectivity index (χ1) is 5.81. The minimum atomic E-state index is 1.00. The third-order valence-corrected chi connectivity index (χ3v) is 1.46. The van der Waals surface area contributed by atoms with Gasteiger partial charge in [-0.1, -0.05) is 37.0 Å². The highest BCUT2D eigenvalue weighted by Gasteiger charge is 1.78. The predicted molar refractivity (Wildman–Crippen MR) is 55.9 cm³/mol. The predicted octanol–water partition coefficient (Wildman–Crippen LogP) is 3.70. The molecule has 0 heterocycles. The first-order valence-corrected chi connectivity index (χ1v) is 4.58. The van der Waals surface area contributed by atoms with E-state index in [0.717, 1.165) is 19.3 Å². The van der Waals surface area contributed by atoms with Crippen molar-refractivity contribution in [3.05, 3.63) is 23.8 Å². The summed E-state index contributed by atoms with van der Waals surface area (Å²) >= 11 is 0. The monoisotopic (exact) mass is 162 g/mol. The Bertz CT molecular complexity index is 208. The Morgan fingerprint density at radius 2 is 2.17 bits per heavy atom. The molecule has 0 saturated carbocycles. The molecule has 0 unspecified atom stereocenters. The van der Waals surface area contributed by atoms with Gasteiger partial charge in [-0.25, -0.2) is 0 Å². The second-order valence-corrected chi connectivity index (χ2v) is 2.74. The van der Waals surface area contributed by atoms with Gasteiger partial charge in [0.1, 0.15) is 0 Å². The van der Waals surface area contributed by atoms with Gasteiger partial charge in [-0.2, -0.15) is 0 Å². The number of rotatable bonds is 3. The highest BCUT2D eigenvalue weighted by molar-refractivity contribution is 5.26. The summed E-state index contributed by atoms with van der Waals surface area (Å²) in [4.78, 5) is 0. The summed E-state index contributed by atoms with van der Waals surface area (Å²) in [6.07, 6.45) is 9.50. The van der Waals surface area contributed by atoms with Gasteiger partial charge < -0.3 is 0 Å². The number of unbranched alkanes of at least 4 members (excludes halogenated alkanes) is 1. The molecule has 0 aromatic rings. The quantitative estimate of drug-likeness (QED) is 0.438. The van der Waals surface area contributed by atoms with Gasteiger partial charge in [-0.05, 0) is 32.3 Å². The van der Waals surface area contributed by atoms with Gasteiger partial charge in [0.05, 0.1) is 0 Å². The van der Waals surface area contributed by atoms with Gasteiger partial charge in [-0.15, -0.1) is 0 Å². The summed E-state index contributed by atoms with van der Waals surface area (Å²) in [5.74, 6) is 6.24. The van der Waals surface area contributed by atoms with Crippen molar-refractivity contribution < 1.29 is 0 Å². The van der Waals surface area contributed by atoms with Crippen molar-refractivity contribution in [2.75, 3.05) is 0 Å². The molecule has 0 aliphatic rings. The van der Waals surface area contributed by atoms with Crippen molar-refractivity contribution >= 4 is 0 Å². The summed E-state index contributed by atoms with van der Waals surface area (Å²) in [5.41, 5.74) is 1.18. The fraction of sp³-hybridized carbons (Fsp3) is 0.500. The van der Waals surface area contributed by atoms with Gasteiger partial charge in [0.15, 0.2) is 0 Å². The van der Waals surface area contributed by atoms with E-state index < -0.39 is 0 Å². The van der Waals surface area contributed by atoms with Crippen molar-refractivity contribution in [3.63, 3.8) is 0 Å². The van der Waals surface area contributed by atoms with E-state index >= 15 is 0 Å². The molecule has 0 rings (SSSR count). The molecule has 0 aromatic heterocycles. The lowest BCUT2D eigenvalue weighted by atomic mass is 10.2. The van der Waals surface area contributed by atoms with Gasteiger partial charge in [0.25, 0.3) is 0 Å². The molecular formula is C12H18. The van der Waals surface area contributed by atoms with Crippen LogP contribution in [0.5, 0.6) is 0 Å². The summed E-state index contributed by atoms with van der Waals surface area (Å²) in [6, 6.07) is 0. The number of hydrogen-bond acceptors (Lipinski definition) is 0. The molecule has 0 radical (unpaired) electrons. The average molecular weight is 162 g/mol. The van der Waals surface area contributed by atoms with Crippen molar-refractivity contribution in [2.45, 2.75) is 40.0 Å². The molecule has 0 atom stereocenters. The molecule has 0 saturated heterocycles. The molecule has 0 aliphatic heterocycles. The minimum Gasteiger partial charge on any atom is -0.0983 e. The fourth-order valence-electron chi connectivity index (χ4n) is 0.759. The zero-order valence-electron chi connectivity index (χ0n) is 8.35. The molecule has 0 fully saturated rings. The zero-order valence-corrected chi connectivity index (χ0v) is 8.35. The standard InChI is InChI=1S/C12H18/c1-4-6-8-10-12(3)11-9-7-5-2/h4,6,10H,5,7-8H2,1-3H3/b6-4?,12-10-. The van der Waals surface area contributed by atoms with Gasteiger partial charge in [-0.3, -0.25) is 0 Å². The van der Waals surface area contributed by atoms with Crippen LogP contribution in [0.2, 0.25) is 0 Å². The van der Waals surface area contributed by atoms with Crippen LogP contribution in [0.25, 0.3) is 0 Å². The van der Waals surface area contributed by atoms with Crippen LogP contribution < -0.4 is 0 Å². The Labute approximate surface area is 76.4 Å². The third kappa shape index (κ3) is 7.15. The lowest BCUT2D eigenvalue weighted by Crippen LogP contribution is -1.69. The maximum atomic E-state index is 3.12. The lowest BCUT2D eigenvalue weighted by molar-refractivity contribution is 0.983. The third-order valence-electron chi connectivity index (χ3n) is 1.46. The van der Waals surface area contributed by atoms with Crippen molar-refractivity contribution in [1.82, 2.24) is 0 Å². The molecule has 0 heteroatoms. The number of hydrogen-bond donors (Lipinski definition) is 0. The molecule has 0 aromatic carbocycles. The normalized spacial score (nSPS) is 11.4. The number of allylic oxidation sites excluding steroid dienone is 4. The summed E-state index contributed by atoms with van der Waals surface area (Å²) < 4.78 is 0. The maximum Gasteiger partial charge on any atom is 0.00897 e. The van der Waals surface area contributed by atoms with Crippen LogP contribution in [0.3, 0.4) is 0 Å². The molecule has 0 amide bonds. The molecular weight excluding hydrogens is 144 g/mol. The largest absolute Gasteiger partial charge is 0.0983 e. The van der Waals surface area contributed by atoms with E-state index in [1.54, 1.807) is 0 Å². The Hall–Kier alpha value is -0.960. The molecule has 0 spiro atoms. The van der Waals surface area contributed by atoms with E-state index in [2.05, 4.69) is 43.9 Å². The Balaban J connectivity index is 3.78. The van der Waals surface area contributed by atoms with Crippen LogP contribution in [0.4, 0.5) is 0 Å². The van der Waals surface area contributed by atoms with Crippen LogP contribution >= 0.6 is 0 Å². The van der Waals surface area contributed by atoms with E-state index in [4.69, 9.17) is 0 Å². The van der Waals surface area contributed by atoms with E-state index in [1.807, 2.05) is 6.92 Å². The smallest absolute Gasteiger partial charge is 0.00897 e. The van der Waals surface area contributed by atoms with Crippen LogP contribution in [0.1, 0.15) is 40.0 Å². The molecule has 0 aliphatic carbocycles. The first-order valence-electron chi connectivity index (χ1n) is 4.58. The Morgan fingerprint density at radius 3 is 2.75 bits per heavy atom. The maximum absolute atomic E-state index is 3.12. The van der Waals surface area contributed by atoms with Crippen molar-refractivity contribution in [3.8, 4) is 11.8 Å². The Morgan fingerprint density at radius 1 is 1.42 bits per heavy atom. The lowest BCUT2D eigenvalue weighted by Gasteiger charge is -1.85. The van der Waals surface area contributed by atoms with E-state index in [0.29, 0.717) is 0 Å². The summed E-state index contributed by atoms with van der Waals surface area (Å²) in [5, 5.41) is 0. The second-order valence-electron chi connectivity index (χ2n) is 2.74. The van der Waals surface area contributed by atoms with E-state index in [9.17, 15) is 0 Å². The van der Waals surface area contributed by atoms with Gasteiger partial charge in [0, 0.05) is 6.42 Å². The summed E-state index contributed by atoms with van der Waals surface area (Å²) in [6.45, 7) is 6.24. The van der Waals surface area contributed by atoms with E-state index in [-0.39, 0.29) is 0 Å². The fourth-order valence-corrected chi connectivity index (χ4v) is 0.759. The Kier molecular flexibility index (Phi) is 7.49. The summed E-state index contributed by atoms with van der Waals surface area (Å²) in [7, 11) is 0. The van der Waals surface area contributed by atoms with Gasteiger partial charge in [0.2, 0.25) is 0 Å². The molecule has 66 valence electrons.